The number of halogens is 3. The zero-order valence-corrected chi connectivity index (χ0v) is 15.7. The number of aromatic nitrogens is 1. The van der Waals surface area contributed by atoms with Gasteiger partial charge in [0.2, 0.25) is 0 Å². The summed E-state index contributed by atoms with van der Waals surface area (Å²) in [7, 11) is 0. The number of rotatable bonds is 2. The lowest BCUT2D eigenvalue weighted by atomic mass is 9.88. The molecule has 29 heavy (non-hydrogen) atoms. The number of nitrogens with zero attached hydrogens (tertiary/aromatic N) is 2. The number of hydrogen-bond acceptors (Lipinski definition) is 4. The van der Waals surface area contributed by atoms with Crippen LogP contribution in [0.1, 0.15) is 30.0 Å². The smallest absolute Gasteiger partial charge is 0.383 e. The van der Waals surface area contributed by atoms with Crippen molar-refractivity contribution < 1.29 is 22.8 Å². The predicted molar refractivity (Wildman–Crippen MR) is 102 cm³/mol. The number of amides is 2. The van der Waals surface area contributed by atoms with Gasteiger partial charge in [-0.25, -0.2) is 4.98 Å². The number of likely N-dealkylation sites (tertiary alicyclic amines) is 1. The van der Waals surface area contributed by atoms with E-state index in [2.05, 4.69) is 10.3 Å². The Morgan fingerprint density at radius 3 is 2.52 bits per heavy atom. The van der Waals surface area contributed by atoms with Gasteiger partial charge in [-0.15, -0.1) is 0 Å². The normalized spacial score (nSPS) is 19.7. The van der Waals surface area contributed by atoms with Crippen LogP contribution in [0.2, 0.25) is 0 Å². The highest BCUT2D eigenvalue weighted by Crippen LogP contribution is 2.40. The third-order valence-corrected chi connectivity index (χ3v) is 5.06. The molecule has 0 aliphatic carbocycles. The van der Waals surface area contributed by atoms with Crippen LogP contribution in [0.4, 0.5) is 24.7 Å². The molecule has 0 bridgehead atoms. The molecule has 2 atom stereocenters. The van der Waals surface area contributed by atoms with E-state index in [9.17, 15) is 22.8 Å². The minimum absolute atomic E-state index is 0.102. The minimum atomic E-state index is -4.44. The van der Waals surface area contributed by atoms with Crippen LogP contribution in [-0.2, 0) is 9.59 Å². The largest absolute Gasteiger partial charge is 0.393 e. The first-order valence-electron chi connectivity index (χ1n) is 9.12. The first-order chi connectivity index (χ1) is 13.7. The van der Waals surface area contributed by atoms with Gasteiger partial charge in [0.05, 0.1) is 23.8 Å². The van der Waals surface area contributed by atoms with E-state index in [0.717, 1.165) is 4.90 Å². The number of aryl methyl sites for hydroxylation is 1. The fraction of sp³-hybridized carbons (Fsp3) is 0.350. The number of pyridine rings is 1. The number of alkyl halides is 3. The Hall–Kier alpha value is -3.10. The van der Waals surface area contributed by atoms with Crippen LogP contribution in [-0.4, -0.2) is 34.4 Å². The third kappa shape index (κ3) is 4.67. The quantitative estimate of drug-likeness (QED) is 0.748. The molecule has 0 spiro atoms. The molecule has 1 aromatic carbocycles. The van der Waals surface area contributed by atoms with Crippen LogP contribution in [0.15, 0.2) is 42.6 Å². The summed E-state index contributed by atoms with van der Waals surface area (Å²) >= 11 is 0. The van der Waals surface area contributed by atoms with Gasteiger partial charge >= 0.3 is 18.0 Å². The lowest BCUT2D eigenvalue weighted by Crippen LogP contribution is -2.49. The van der Waals surface area contributed by atoms with Crippen molar-refractivity contribution in [3.05, 3.63) is 53.7 Å². The summed E-state index contributed by atoms with van der Waals surface area (Å²) in [6, 6.07) is 9.69. The van der Waals surface area contributed by atoms with Gasteiger partial charge < -0.3 is 16.0 Å². The molecule has 1 unspecified atom stereocenters. The monoisotopic (exact) mass is 406 g/mol. The molecule has 0 saturated carbocycles. The average molecular weight is 406 g/mol. The fourth-order valence-corrected chi connectivity index (χ4v) is 3.45. The van der Waals surface area contributed by atoms with E-state index in [1.807, 2.05) is 0 Å². The highest BCUT2D eigenvalue weighted by molar-refractivity contribution is 6.39. The van der Waals surface area contributed by atoms with Gasteiger partial charge in [0.25, 0.3) is 0 Å². The number of anilines is 2. The van der Waals surface area contributed by atoms with E-state index >= 15 is 0 Å². The lowest BCUT2D eigenvalue weighted by Gasteiger charge is -2.40. The number of hydrogen-bond donors (Lipinski definition) is 2. The molecule has 2 amide bonds. The number of nitrogen functional groups attached to an aromatic ring is 1. The molecule has 9 heteroatoms. The summed E-state index contributed by atoms with van der Waals surface area (Å²) in [5.41, 5.74) is 7.17. The van der Waals surface area contributed by atoms with Gasteiger partial charge in [0.1, 0.15) is 5.82 Å². The first-order valence-corrected chi connectivity index (χ1v) is 9.12. The van der Waals surface area contributed by atoms with Crippen molar-refractivity contribution in [1.82, 2.24) is 9.88 Å². The summed E-state index contributed by atoms with van der Waals surface area (Å²) in [4.78, 5) is 30.2. The predicted octanol–water partition coefficient (Wildman–Crippen LogP) is 3.45. The molecule has 154 valence electrons. The number of benzene rings is 1. The Labute approximate surface area is 165 Å². The van der Waals surface area contributed by atoms with E-state index in [0.29, 0.717) is 11.1 Å². The SMILES string of the molecule is Cc1cc(NC(=O)C(=O)N2CC(C(F)(F)F)CC[C@H]2c2ccccc2)cnc1N. The number of carbonyl (C=O) groups excluding carboxylic acids is 2. The molecule has 2 aromatic rings. The molecule has 3 rings (SSSR count). The number of nitrogens with two attached hydrogens (primary N) is 1. The lowest BCUT2D eigenvalue weighted by molar-refractivity contribution is -0.192. The number of carbonyl (C=O) groups is 2. The van der Waals surface area contributed by atoms with Crippen LogP contribution in [0.25, 0.3) is 0 Å². The van der Waals surface area contributed by atoms with E-state index in [4.69, 9.17) is 5.73 Å². The second-order valence-corrected chi connectivity index (χ2v) is 7.08. The van der Waals surface area contributed by atoms with Crippen molar-refractivity contribution in [3.63, 3.8) is 0 Å². The van der Waals surface area contributed by atoms with E-state index in [-0.39, 0.29) is 24.3 Å². The van der Waals surface area contributed by atoms with Gasteiger partial charge in [-0.05, 0) is 37.0 Å². The van der Waals surface area contributed by atoms with Crippen LogP contribution in [0, 0.1) is 12.8 Å². The molecular formula is C20H21F3N4O2. The highest BCUT2D eigenvalue weighted by Gasteiger charge is 2.46. The Morgan fingerprint density at radius 1 is 1.21 bits per heavy atom. The van der Waals surface area contributed by atoms with Crippen LogP contribution >= 0.6 is 0 Å². The number of piperidine rings is 1. The van der Waals surface area contributed by atoms with Crippen molar-refractivity contribution in [2.75, 3.05) is 17.6 Å². The highest BCUT2D eigenvalue weighted by atomic mass is 19.4. The van der Waals surface area contributed by atoms with Crippen LogP contribution in [0.5, 0.6) is 0 Å². The minimum Gasteiger partial charge on any atom is -0.383 e. The maximum absolute atomic E-state index is 13.3. The zero-order chi connectivity index (χ0) is 21.2. The van der Waals surface area contributed by atoms with E-state index in [1.54, 1.807) is 37.3 Å². The Morgan fingerprint density at radius 2 is 1.90 bits per heavy atom. The summed E-state index contributed by atoms with van der Waals surface area (Å²) in [5, 5.41) is 2.40. The molecule has 0 radical (unpaired) electrons. The molecular weight excluding hydrogens is 385 g/mol. The van der Waals surface area contributed by atoms with Crippen molar-refractivity contribution in [1.29, 1.82) is 0 Å². The molecule has 3 N–H and O–H groups in total. The van der Waals surface area contributed by atoms with E-state index in [1.165, 1.54) is 12.3 Å². The zero-order valence-electron chi connectivity index (χ0n) is 15.7. The van der Waals surface area contributed by atoms with Crippen molar-refractivity contribution >= 4 is 23.3 Å². The van der Waals surface area contributed by atoms with Gasteiger partial charge in [-0.3, -0.25) is 9.59 Å². The maximum atomic E-state index is 13.3. The van der Waals surface area contributed by atoms with Crippen LogP contribution in [0.3, 0.4) is 0 Å². The first kappa shape index (κ1) is 20.6. The standard InChI is InChI=1S/C20H21F3N4O2/c1-12-9-15(10-25-17(12)24)26-18(28)19(29)27-11-14(20(21,22)23)7-8-16(27)13-5-3-2-4-6-13/h2-6,9-10,14,16H,7-8,11H2,1H3,(H2,24,25)(H,26,28)/t14?,16-/m0/s1. The fourth-order valence-electron chi connectivity index (χ4n) is 3.45. The Bertz CT molecular complexity index is 902. The molecule has 1 aliphatic rings. The summed E-state index contributed by atoms with van der Waals surface area (Å²) in [5.74, 6) is -3.41. The molecule has 1 aromatic heterocycles. The molecule has 6 nitrogen and oxygen atoms in total. The Balaban J connectivity index is 1.83. The van der Waals surface area contributed by atoms with Gasteiger partial charge in [0, 0.05) is 6.54 Å². The van der Waals surface area contributed by atoms with Crippen molar-refractivity contribution in [3.8, 4) is 0 Å². The van der Waals surface area contributed by atoms with Crippen molar-refractivity contribution in [2.24, 2.45) is 5.92 Å². The van der Waals surface area contributed by atoms with Gasteiger partial charge in [0.15, 0.2) is 0 Å². The van der Waals surface area contributed by atoms with E-state index < -0.39 is 36.5 Å². The summed E-state index contributed by atoms with van der Waals surface area (Å²) in [6.45, 7) is 1.12. The topological polar surface area (TPSA) is 88.3 Å². The molecule has 1 aliphatic heterocycles. The maximum Gasteiger partial charge on any atom is 0.393 e. The second kappa shape index (κ2) is 8.10. The molecule has 1 saturated heterocycles. The summed E-state index contributed by atoms with van der Waals surface area (Å²) in [6.07, 6.45) is -3.13. The van der Waals surface area contributed by atoms with Crippen molar-refractivity contribution in [2.45, 2.75) is 32.0 Å². The third-order valence-electron chi connectivity index (χ3n) is 5.06. The summed E-state index contributed by atoms with van der Waals surface area (Å²) < 4.78 is 39.8. The Kier molecular flexibility index (Phi) is 5.76. The number of nitrogens with one attached hydrogen (secondary N) is 1. The van der Waals surface area contributed by atoms with Gasteiger partial charge in [-0.1, -0.05) is 30.3 Å². The van der Waals surface area contributed by atoms with Crippen LogP contribution < -0.4 is 11.1 Å². The molecule has 2 heterocycles. The molecule has 1 fully saturated rings. The average Bonchev–Trinajstić information content (AvgIpc) is 2.69. The second-order valence-electron chi connectivity index (χ2n) is 7.08. The van der Waals surface area contributed by atoms with Gasteiger partial charge in [-0.2, -0.15) is 13.2 Å².